The van der Waals surface area contributed by atoms with Crippen LogP contribution in [0.2, 0.25) is 5.02 Å². The van der Waals surface area contributed by atoms with Crippen LogP contribution in [0.25, 0.3) is 5.76 Å². The van der Waals surface area contributed by atoms with Gasteiger partial charge in [0.1, 0.15) is 17.3 Å². The first-order valence-electron chi connectivity index (χ1n) is 10.7. The first kappa shape index (κ1) is 23.4. The summed E-state index contributed by atoms with van der Waals surface area (Å²) in [7, 11) is 3.05. The minimum atomic E-state index is -0.755. The first-order chi connectivity index (χ1) is 16.4. The van der Waals surface area contributed by atoms with Crippen LogP contribution in [0, 0.1) is 0 Å². The highest BCUT2D eigenvalue weighted by atomic mass is 35.5. The van der Waals surface area contributed by atoms with Crippen LogP contribution in [0.15, 0.2) is 66.8 Å². The third-order valence-corrected chi connectivity index (χ3v) is 6.07. The zero-order chi connectivity index (χ0) is 24.2. The van der Waals surface area contributed by atoms with E-state index in [9.17, 15) is 14.7 Å². The number of halogens is 1. The molecule has 1 amide bonds. The number of aliphatic hydroxyl groups is 1. The van der Waals surface area contributed by atoms with Crippen molar-refractivity contribution in [2.24, 2.45) is 0 Å². The number of ether oxygens (including phenoxy) is 2. The summed E-state index contributed by atoms with van der Waals surface area (Å²) < 4.78 is 12.3. The first-order valence-corrected chi connectivity index (χ1v) is 11.0. The molecule has 1 saturated heterocycles. The average Bonchev–Trinajstić information content (AvgIpc) is 3.46. The van der Waals surface area contributed by atoms with Crippen molar-refractivity contribution in [3.63, 3.8) is 0 Å². The minimum Gasteiger partial charge on any atom is -0.507 e. The number of carbonyl (C=O) groups is 2. The summed E-state index contributed by atoms with van der Waals surface area (Å²) >= 11 is 6.24. The van der Waals surface area contributed by atoms with Gasteiger partial charge in [0.15, 0.2) is 0 Å². The van der Waals surface area contributed by atoms with Crippen molar-refractivity contribution in [3.8, 4) is 11.5 Å². The van der Waals surface area contributed by atoms with Gasteiger partial charge < -0.3 is 24.0 Å². The van der Waals surface area contributed by atoms with Gasteiger partial charge in [0, 0.05) is 31.0 Å². The lowest BCUT2D eigenvalue weighted by molar-refractivity contribution is -0.139. The van der Waals surface area contributed by atoms with Gasteiger partial charge >= 0.3 is 0 Å². The highest BCUT2D eigenvalue weighted by Gasteiger charge is 2.45. The summed E-state index contributed by atoms with van der Waals surface area (Å²) in [6, 6.07) is 11.0. The van der Waals surface area contributed by atoms with Crippen molar-refractivity contribution in [1.29, 1.82) is 0 Å². The van der Waals surface area contributed by atoms with E-state index in [1.807, 2.05) is 10.8 Å². The number of carbonyl (C=O) groups excluding carboxylic acids is 2. The zero-order valence-electron chi connectivity index (χ0n) is 18.8. The van der Waals surface area contributed by atoms with Gasteiger partial charge in [0.2, 0.25) is 0 Å². The Morgan fingerprint density at radius 3 is 2.47 bits per heavy atom. The standard InChI is InChI=1S/C25H24ClN3O5/c1-33-18-7-4-16(5-8-18)22-21(23(30)17-6-9-20(34-2)19(26)14-17)24(31)25(32)29(22)12-3-11-28-13-10-27-15-28/h4-10,13-15,22,30H,3,11-12H2,1-2H3/t22-/m0/s1. The third kappa shape index (κ3) is 4.49. The largest absolute Gasteiger partial charge is 0.507 e. The molecule has 176 valence electrons. The quantitative estimate of drug-likeness (QED) is 0.296. The number of amides is 1. The highest BCUT2D eigenvalue weighted by molar-refractivity contribution is 6.46. The molecule has 1 N–H and O–H groups in total. The van der Waals surface area contributed by atoms with Gasteiger partial charge in [-0.15, -0.1) is 0 Å². The Hall–Kier alpha value is -3.78. The molecule has 4 rings (SSSR count). The summed E-state index contributed by atoms with van der Waals surface area (Å²) in [5.41, 5.74) is 1.02. The van der Waals surface area contributed by atoms with Gasteiger partial charge in [0.05, 0.1) is 37.2 Å². The lowest BCUT2D eigenvalue weighted by atomic mass is 9.95. The summed E-state index contributed by atoms with van der Waals surface area (Å²) in [6.45, 7) is 0.950. The highest BCUT2D eigenvalue weighted by Crippen LogP contribution is 2.40. The molecule has 2 heterocycles. The molecule has 1 aliphatic heterocycles. The topological polar surface area (TPSA) is 93.9 Å². The number of likely N-dealkylation sites (tertiary alicyclic amines) is 1. The van der Waals surface area contributed by atoms with E-state index in [0.717, 1.165) is 0 Å². The number of imidazole rings is 1. The van der Waals surface area contributed by atoms with Gasteiger partial charge in [-0.3, -0.25) is 9.59 Å². The second kappa shape index (κ2) is 10.0. The normalized spacial score (nSPS) is 17.3. The zero-order valence-corrected chi connectivity index (χ0v) is 19.5. The fraction of sp³-hybridized carbons (Fsp3) is 0.240. The molecular weight excluding hydrogens is 458 g/mol. The van der Waals surface area contributed by atoms with Crippen LogP contribution >= 0.6 is 11.6 Å². The Morgan fingerprint density at radius 1 is 1.09 bits per heavy atom. The summed E-state index contributed by atoms with van der Waals surface area (Å²) in [4.78, 5) is 31.7. The molecule has 0 saturated carbocycles. The number of methoxy groups -OCH3 is 2. The predicted octanol–water partition coefficient (Wildman–Crippen LogP) is 4.07. The Kier molecular flexibility index (Phi) is 6.88. The maximum atomic E-state index is 13.1. The molecule has 1 fully saturated rings. The van der Waals surface area contributed by atoms with Crippen LogP contribution in [-0.4, -0.2) is 52.0 Å². The molecule has 34 heavy (non-hydrogen) atoms. The lowest BCUT2D eigenvalue weighted by Crippen LogP contribution is -2.31. The number of Topliss-reactive ketones (excluding diaryl/α,β-unsaturated/α-hetero) is 1. The van der Waals surface area contributed by atoms with Crippen LogP contribution in [0.4, 0.5) is 0 Å². The molecule has 1 aliphatic rings. The van der Waals surface area contributed by atoms with E-state index >= 15 is 0 Å². The Morgan fingerprint density at radius 2 is 1.85 bits per heavy atom. The van der Waals surface area contributed by atoms with Crippen molar-refractivity contribution >= 4 is 29.1 Å². The Balaban J connectivity index is 1.74. The number of benzene rings is 2. The molecule has 9 heteroatoms. The predicted molar refractivity (Wildman–Crippen MR) is 127 cm³/mol. The summed E-state index contributed by atoms with van der Waals surface area (Å²) in [5, 5.41) is 11.4. The maximum absolute atomic E-state index is 13.1. The van der Waals surface area contributed by atoms with E-state index < -0.39 is 17.7 Å². The van der Waals surface area contributed by atoms with Crippen LogP contribution in [-0.2, 0) is 16.1 Å². The van der Waals surface area contributed by atoms with E-state index in [2.05, 4.69) is 4.98 Å². The molecule has 8 nitrogen and oxygen atoms in total. The van der Waals surface area contributed by atoms with Crippen molar-refractivity contribution in [3.05, 3.63) is 82.9 Å². The summed E-state index contributed by atoms with van der Waals surface area (Å²) in [5.74, 6) is -0.617. The van der Waals surface area contributed by atoms with Crippen LogP contribution in [0.3, 0.4) is 0 Å². The molecule has 0 unspecified atom stereocenters. The van der Waals surface area contributed by atoms with Gasteiger partial charge in [-0.05, 0) is 42.3 Å². The second-order valence-corrected chi connectivity index (χ2v) is 8.18. The Labute approximate surface area is 202 Å². The van der Waals surface area contributed by atoms with Crippen molar-refractivity contribution < 1.29 is 24.2 Å². The molecule has 0 aliphatic carbocycles. The minimum absolute atomic E-state index is 0.0130. The number of hydrogen-bond donors (Lipinski definition) is 1. The van der Waals surface area contributed by atoms with Crippen LogP contribution < -0.4 is 9.47 Å². The van der Waals surface area contributed by atoms with E-state index in [1.54, 1.807) is 56.0 Å². The van der Waals surface area contributed by atoms with E-state index in [1.165, 1.54) is 18.1 Å². The summed E-state index contributed by atoms with van der Waals surface area (Å²) in [6.07, 6.45) is 5.82. The van der Waals surface area contributed by atoms with Crippen LogP contribution in [0.5, 0.6) is 11.5 Å². The van der Waals surface area contributed by atoms with Gasteiger partial charge in [-0.2, -0.15) is 0 Å². The van der Waals surface area contributed by atoms with E-state index in [4.69, 9.17) is 21.1 Å². The SMILES string of the molecule is COc1ccc([C@H]2C(=C(O)c3ccc(OC)c(Cl)c3)C(=O)C(=O)N2CCCn2ccnc2)cc1. The maximum Gasteiger partial charge on any atom is 0.295 e. The molecule has 3 aromatic rings. The number of nitrogens with zero attached hydrogens (tertiary/aromatic N) is 3. The van der Waals surface area contributed by atoms with Crippen molar-refractivity contribution in [2.75, 3.05) is 20.8 Å². The molecule has 0 radical (unpaired) electrons. The van der Waals surface area contributed by atoms with Gasteiger partial charge in [0.25, 0.3) is 11.7 Å². The van der Waals surface area contributed by atoms with Crippen LogP contribution in [0.1, 0.15) is 23.6 Å². The number of rotatable bonds is 8. The second-order valence-electron chi connectivity index (χ2n) is 7.77. The average molecular weight is 482 g/mol. The number of aryl methyl sites for hydroxylation is 1. The molecule has 2 aromatic carbocycles. The molecule has 0 bridgehead atoms. The van der Waals surface area contributed by atoms with Crippen molar-refractivity contribution in [2.45, 2.75) is 19.0 Å². The van der Waals surface area contributed by atoms with Gasteiger partial charge in [-0.1, -0.05) is 23.7 Å². The monoisotopic (exact) mass is 481 g/mol. The molecule has 1 atom stereocenters. The third-order valence-electron chi connectivity index (χ3n) is 5.77. The fourth-order valence-electron chi connectivity index (χ4n) is 4.06. The number of aromatic nitrogens is 2. The van der Waals surface area contributed by atoms with Gasteiger partial charge in [-0.25, -0.2) is 4.98 Å². The number of ketones is 1. The number of hydrogen-bond acceptors (Lipinski definition) is 6. The molecule has 0 spiro atoms. The Bertz CT molecular complexity index is 1220. The smallest absolute Gasteiger partial charge is 0.295 e. The number of aliphatic hydroxyl groups excluding tert-OH is 1. The fourth-order valence-corrected chi connectivity index (χ4v) is 4.31. The van der Waals surface area contributed by atoms with Crippen molar-refractivity contribution in [1.82, 2.24) is 14.5 Å². The molecular formula is C25H24ClN3O5. The van der Waals surface area contributed by atoms with E-state index in [0.29, 0.717) is 42.1 Å². The lowest BCUT2D eigenvalue weighted by Gasteiger charge is -2.25. The van der Waals surface area contributed by atoms with E-state index in [-0.39, 0.29) is 16.4 Å². The molecule has 1 aromatic heterocycles.